The summed E-state index contributed by atoms with van der Waals surface area (Å²) in [5, 5.41) is 17.0. The number of hydrogen-bond acceptors (Lipinski definition) is 3. The number of hydrogen-bond donors (Lipinski definition) is 2. The summed E-state index contributed by atoms with van der Waals surface area (Å²) in [6, 6.07) is 7.84. The van der Waals surface area contributed by atoms with Gasteiger partial charge in [0, 0.05) is 30.6 Å². The average molecular weight is 353 g/mol. The maximum atomic E-state index is 13.2. The normalized spacial score (nSPS) is 22.6. The van der Waals surface area contributed by atoms with Crippen molar-refractivity contribution in [2.45, 2.75) is 38.5 Å². The van der Waals surface area contributed by atoms with Crippen molar-refractivity contribution in [1.29, 1.82) is 0 Å². The van der Waals surface area contributed by atoms with E-state index in [1.165, 1.54) is 0 Å². The highest BCUT2D eigenvalue weighted by Gasteiger charge is 2.43. The van der Waals surface area contributed by atoms with Crippen LogP contribution in [0.5, 0.6) is 0 Å². The Morgan fingerprint density at radius 2 is 1.92 bits per heavy atom. The molecule has 2 aliphatic rings. The second kappa shape index (κ2) is 6.27. The summed E-state index contributed by atoms with van der Waals surface area (Å²) in [6.45, 7) is 4.51. The van der Waals surface area contributed by atoms with Crippen molar-refractivity contribution in [1.82, 2.24) is 15.1 Å². The number of rotatable bonds is 4. The molecule has 6 nitrogen and oxygen atoms in total. The summed E-state index contributed by atoms with van der Waals surface area (Å²) in [5.41, 5.74) is 4.33. The van der Waals surface area contributed by atoms with E-state index < -0.39 is 11.9 Å². The van der Waals surface area contributed by atoms with Gasteiger partial charge >= 0.3 is 5.97 Å². The smallest absolute Gasteiger partial charge is 0.308 e. The van der Waals surface area contributed by atoms with Crippen molar-refractivity contribution >= 4 is 11.9 Å². The molecule has 1 amide bonds. The van der Waals surface area contributed by atoms with Gasteiger partial charge in [0.25, 0.3) is 5.91 Å². The molecule has 26 heavy (non-hydrogen) atoms. The van der Waals surface area contributed by atoms with Crippen molar-refractivity contribution in [3.05, 3.63) is 52.3 Å². The first kappa shape index (κ1) is 16.8. The molecule has 1 saturated carbocycles. The van der Waals surface area contributed by atoms with Gasteiger partial charge in [-0.3, -0.25) is 14.7 Å². The molecule has 1 saturated heterocycles. The molecule has 6 heteroatoms. The van der Waals surface area contributed by atoms with E-state index in [0.29, 0.717) is 18.0 Å². The highest BCUT2D eigenvalue weighted by Crippen LogP contribution is 2.42. The minimum Gasteiger partial charge on any atom is -0.481 e. The Morgan fingerprint density at radius 1 is 1.19 bits per heavy atom. The first-order chi connectivity index (χ1) is 12.5. The van der Waals surface area contributed by atoms with Crippen molar-refractivity contribution in [2.24, 2.45) is 5.92 Å². The molecule has 0 unspecified atom stereocenters. The van der Waals surface area contributed by atoms with Gasteiger partial charge in [-0.15, -0.1) is 0 Å². The number of aromatic nitrogens is 2. The Hall–Kier alpha value is -2.63. The second-order valence-electron chi connectivity index (χ2n) is 7.50. The van der Waals surface area contributed by atoms with Gasteiger partial charge in [-0.1, -0.05) is 24.3 Å². The predicted molar refractivity (Wildman–Crippen MR) is 96.2 cm³/mol. The summed E-state index contributed by atoms with van der Waals surface area (Å²) in [7, 11) is 0. The first-order valence-corrected chi connectivity index (χ1v) is 9.09. The van der Waals surface area contributed by atoms with Gasteiger partial charge < -0.3 is 10.0 Å². The van der Waals surface area contributed by atoms with Crippen LogP contribution in [0.1, 0.15) is 57.6 Å². The molecule has 0 spiro atoms. The minimum atomic E-state index is -0.847. The molecule has 136 valence electrons. The lowest BCUT2D eigenvalue weighted by molar-refractivity contribution is -0.141. The molecule has 2 aromatic rings. The Morgan fingerprint density at radius 3 is 2.58 bits per heavy atom. The molecular weight excluding hydrogens is 330 g/mol. The summed E-state index contributed by atoms with van der Waals surface area (Å²) < 4.78 is 0. The lowest BCUT2D eigenvalue weighted by Gasteiger charge is -2.18. The Kier molecular flexibility index (Phi) is 4.05. The number of nitrogens with zero attached hydrogens (tertiary/aromatic N) is 2. The maximum absolute atomic E-state index is 13.2. The summed E-state index contributed by atoms with van der Waals surface area (Å²) in [5.74, 6) is -1.35. The number of carboxylic acid groups (broad SMARTS) is 1. The van der Waals surface area contributed by atoms with Crippen LogP contribution in [0.2, 0.25) is 0 Å². The monoisotopic (exact) mass is 353 g/mol. The van der Waals surface area contributed by atoms with Gasteiger partial charge in [-0.2, -0.15) is 5.10 Å². The molecule has 2 atom stereocenters. The number of aromatic amines is 1. The third-order valence-electron chi connectivity index (χ3n) is 5.67. The summed E-state index contributed by atoms with van der Waals surface area (Å²) in [4.78, 5) is 26.7. The van der Waals surface area contributed by atoms with Crippen LogP contribution in [-0.2, 0) is 4.79 Å². The summed E-state index contributed by atoms with van der Waals surface area (Å²) >= 11 is 0. The van der Waals surface area contributed by atoms with Gasteiger partial charge in [-0.25, -0.2) is 0 Å². The molecule has 0 radical (unpaired) electrons. The number of aliphatic carboxylic acids is 1. The third-order valence-corrected chi connectivity index (χ3v) is 5.67. The number of H-pyrrole nitrogens is 1. The van der Waals surface area contributed by atoms with Gasteiger partial charge in [0.15, 0.2) is 0 Å². The van der Waals surface area contributed by atoms with Crippen LogP contribution in [0.25, 0.3) is 0 Å². The zero-order chi connectivity index (χ0) is 18.4. The molecule has 2 N–H and O–H groups in total. The number of carboxylic acids is 1. The lowest BCUT2D eigenvalue weighted by atomic mass is 9.86. The SMILES string of the molecule is Cc1ccccc1[C@@H]1CN(C(=O)c2c(C3CC3)n[nH]c2C)C[C@H]1C(=O)O. The highest BCUT2D eigenvalue weighted by atomic mass is 16.4. The van der Waals surface area contributed by atoms with Crippen LogP contribution in [0, 0.1) is 19.8 Å². The fourth-order valence-corrected chi connectivity index (χ4v) is 4.07. The quantitative estimate of drug-likeness (QED) is 0.885. The average Bonchev–Trinajstić information content (AvgIpc) is 3.23. The Balaban J connectivity index is 1.65. The molecule has 0 bridgehead atoms. The van der Waals surface area contributed by atoms with Crippen molar-refractivity contribution in [2.75, 3.05) is 13.1 Å². The Labute approximate surface area is 152 Å². The number of nitrogens with one attached hydrogen (secondary N) is 1. The largest absolute Gasteiger partial charge is 0.481 e. The molecular formula is C20H23N3O3. The number of aryl methyl sites for hydroxylation is 2. The van der Waals surface area contributed by atoms with Crippen LogP contribution in [-0.4, -0.2) is 45.2 Å². The highest BCUT2D eigenvalue weighted by molar-refractivity contribution is 5.97. The fraction of sp³-hybridized carbons (Fsp3) is 0.450. The van der Waals surface area contributed by atoms with Crippen LogP contribution in [0.4, 0.5) is 0 Å². The predicted octanol–water partition coefficient (Wildman–Crippen LogP) is 2.84. The second-order valence-corrected chi connectivity index (χ2v) is 7.50. The first-order valence-electron chi connectivity index (χ1n) is 9.09. The van der Waals surface area contributed by atoms with E-state index >= 15 is 0 Å². The molecule has 2 heterocycles. The third kappa shape index (κ3) is 2.79. The molecule has 1 aromatic carbocycles. The number of carbonyl (C=O) groups is 2. The van der Waals surface area contributed by atoms with E-state index in [2.05, 4.69) is 10.2 Å². The van der Waals surface area contributed by atoms with Gasteiger partial charge in [0.1, 0.15) is 0 Å². The van der Waals surface area contributed by atoms with Crippen LogP contribution < -0.4 is 0 Å². The number of benzene rings is 1. The Bertz CT molecular complexity index is 869. The van der Waals surface area contributed by atoms with E-state index in [-0.39, 0.29) is 18.4 Å². The number of amides is 1. The lowest BCUT2D eigenvalue weighted by Crippen LogP contribution is -2.30. The van der Waals surface area contributed by atoms with E-state index in [0.717, 1.165) is 35.4 Å². The minimum absolute atomic E-state index is 0.0968. The molecule has 2 fully saturated rings. The van der Waals surface area contributed by atoms with Crippen LogP contribution in [0.15, 0.2) is 24.3 Å². The van der Waals surface area contributed by atoms with E-state index in [4.69, 9.17) is 0 Å². The van der Waals surface area contributed by atoms with Gasteiger partial charge in [0.05, 0.1) is 17.2 Å². The molecule has 1 aliphatic carbocycles. The molecule has 1 aromatic heterocycles. The maximum Gasteiger partial charge on any atom is 0.308 e. The standard InChI is InChI=1S/C20H23N3O3/c1-11-5-3-4-6-14(11)15-9-23(10-16(15)20(25)26)19(24)17-12(2)21-22-18(17)13-7-8-13/h3-6,13,15-16H,7-10H2,1-2H3,(H,21,22)(H,25,26)/t15-,16+/m0/s1. The van der Waals surface area contributed by atoms with Crippen LogP contribution >= 0.6 is 0 Å². The van der Waals surface area contributed by atoms with Gasteiger partial charge in [0.2, 0.25) is 0 Å². The summed E-state index contributed by atoms with van der Waals surface area (Å²) in [6.07, 6.45) is 2.13. The molecule has 4 rings (SSSR count). The van der Waals surface area contributed by atoms with Crippen molar-refractivity contribution in [3.8, 4) is 0 Å². The zero-order valence-corrected chi connectivity index (χ0v) is 15.0. The van der Waals surface area contributed by atoms with Crippen LogP contribution in [0.3, 0.4) is 0 Å². The molecule has 1 aliphatic heterocycles. The van der Waals surface area contributed by atoms with Gasteiger partial charge in [-0.05, 0) is 37.8 Å². The van der Waals surface area contributed by atoms with E-state index in [1.807, 2.05) is 38.1 Å². The number of likely N-dealkylation sites (tertiary alicyclic amines) is 1. The topological polar surface area (TPSA) is 86.3 Å². The van der Waals surface area contributed by atoms with E-state index in [9.17, 15) is 14.7 Å². The number of carbonyl (C=O) groups excluding carboxylic acids is 1. The van der Waals surface area contributed by atoms with Crippen molar-refractivity contribution < 1.29 is 14.7 Å². The van der Waals surface area contributed by atoms with E-state index in [1.54, 1.807) is 4.90 Å². The fourth-order valence-electron chi connectivity index (χ4n) is 4.07. The van der Waals surface area contributed by atoms with Crippen molar-refractivity contribution in [3.63, 3.8) is 0 Å². The zero-order valence-electron chi connectivity index (χ0n) is 15.0.